The van der Waals surface area contributed by atoms with Gasteiger partial charge < -0.3 is 19.8 Å². The quantitative estimate of drug-likeness (QED) is 0.142. The van der Waals surface area contributed by atoms with Gasteiger partial charge in [-0.1, -0.05) is 67.2 Å². The van der Waals surface area contributed by atoms with Gasteiger partial charge in [-0.05, 0) is 41.5 Å². The number of aliphatic hydroxyl groups is 1. The van der Waals surface area contributed by atoms with Gasteiger partial charge in [0.15, 0.2) is 12.5 Å². The van der Waals surface area contributed by atoms with Gasteiger partial charge in [0.05, 0.1) is 35.6 Å². The van der Waals surface area contributed by atoms with Crippen molar-refractivity contribution in [3.05, 3.63) is 130 Å². The lowest BCUT2D eigenvalue weighted by molar-refractivity contribution is -0.645. The number of benzene rings is 3. The Kier molecular flexibility index (Phi) is 7.59. The van der Waals surface area contributed by atoms with E-state index in [1.54, 1.807) is 54.6 Å². The molecule has 9 heteroatoms. The smallest absolute Gasteiger partial charge is 0.266 e. The molecule has 1 N–H and O–H groups in total. The number of aliphatic hydroxyl groups excluding tert-OH is 1. The van der Waals surface area contributed by atoms with Gasteiger partial charge in [0, 0.05) is 29.4 Å². The first-order chi connectivity index (χ1) is 19.9. The van der Waals surface area contributed by atoms with Crippen LogP contribution in [0.25, 0.3) is 0 Å². The highest BCUT2D eigenvalue weighted by Gasteiger charge is 2.40. The number of hydrogen-bond acceptors (Lipinski definition) is 7. The van der Waals surface area contributed by atoms with Crippen LogP contribution >= 0.6 is 11.8 Å². The maximum atomic E-state index is 13.1. The fraction of sp³-hybridized carbons (Fsp3) is 0.219. The first kappa shape index (κ1) is 27.2. The summed E-state index contributed by atoms with van der Waals surface area (Å²) in [6, 6.07) is 26.8. The van der Waals surface area contributed by atoms with Crippen molar-refractivity contribution in [2.75, 3.05) is 10.7 Å². The lowest BCUT2D eigenvalue weighted by atomic mass is 9.91. The Morgan fingerprint density at radius 3 is 2.27 bits per heavy atom. The third kappa shape index (κ3) is 5.25. The summed E-state index contributed by atoms with van der Waals surface area (Å²) in [6.07, 6.45) is 0.0505. The van der Waals surface area contributed by atoms with E-state index >= 15 is 0 Å². The van der Waals surface area contributed by atoms with Gasteiger partial charge >= 0.3 is 0 Å². The summed E-state index contributed by atoms with van der Waals surface area (Å²) in [4.78, 5) is 27.4. The number of aromatic nitrogens is 1. The van der Waals surface area contributed by atoms with Crippen molar-refractivity contribution in [3.8, 4) is 0 Å². The van der Waals surface area contributed by atoms with Gasteiger partial charge in [-0.15, -0.1) is 0 Å². The molecule has 0 unspecified atom stereocenters. The first-order valence-electron chi connectivity index (χ1n) is 13.3. The zero-order valence-electron chi connectivity index (χ0n) is 22.3. The van der Waals surface area contributed by atoms with Crippen LogP contribution < -0.4 is 9.63 Å². The molecule has 41 heavy (non-hydrogen) atoms. The summed E-state index contributed by atoms with van der Waals surface area (Å²) in [7, 11) is 0. The lowest BCUT2D eigenvalue weighted by Crippen LogP contribution is -2.39. The molecule has 2 aliphatic heterocycles. The van der Waals surface area contributed by atoms with Crippen molar-refractivity contribution in [3.63, 3.8) is 0 Å². The van der Waals surface area contributed by atoms with Crippen molar-refractivity contribution in [1.82, 2.24) is 0 Å². The van der Waals surface area contributed by atoms with Crippen LogP contribution in [0.4, 0.5) is 5.69 Å². The predicted molar refractivity (Wildman–Crippen MR) is 153 cm³/mol. The minimum absolute atomic E-state index is 0.0524. The number of thioether (sulfide) groups is 1. The summed E-state index contributed by atoms with van der Waals surface area (Å²) in [6.45, 7) is 2.00. The van der Waals surface area contributed by atoms with Gasteiger partial charge in [0.1, 0.15) is 0 Å². The lowest BCUT2D eigenvalue weighted by Gasteiger charge is -2.41. The van der Waals surface area contributed by atoms with Crippen LogP contribution in [0.1, 0.15) is 56.7 Å². The fourth-order valence-electron chi connectivity index (χ4n) is 5.24. The molecule has 6 rings (SSSR count). The van der Waals surface area contributed by atoms with Crippen molar-refractivity contribution in [1.29, 1.82) is 0 Å². The normalized spacial score (nSPS) is 22.1. The highest BCUT2D eigenvalue weighted by atomic mass is 32.2. The molecule has 4 atom stereocenters. The van der Waals surface area contributed by atoms with Gasteiger partial charge in [-0.3, -0.25) is 9.59 Å². The Morgan fingerprint density at radius 1 is 0.878 bits per heavy atom. The molecule has 0 saturated carbocycles. The minimum atomic E-state index is -0.787. The molecule has 2 amide bonds. The van der Waals surface area contributed by atoms with Gasteiger partial charge in [0.25, 0.3) is 16.8 Å². The number of nitrogens with zero attached hydrogens (tertiary/aromatic N) is 2. The number of carbonyl (C=O) groups is 2. The molecule has 3 heterocycles. The van der Waals surface area contributed by atoms with E-state index in [9.17, 15) is 19.9 Å². The maximum Gasteiger partial charge on any atom is 0.266 e. The standard InChI is InChI=1S/C32H28N2O6S/c1-20-27(19-41-28-11-4-5-16-33(28)38)39-32(40-29(20)22-14-12-21(18-35)13-15-22)23-7-6-8-24(17-23)34-30(36)25-9-2-3-10-26(25)31(34)37/h2-17,20,27,29,32,35H,18-19H2,1H3/t20-,27+,29+,32+/m0/s1. The van der Waals surface area contributed by atoms with E-state index in [1.807, 2.05) is 36.4 Å². The number of ether oxygens (including phenoxy) is 2. The molecule has 1 aromatic heterocycles. The monoisotopic (exact) mass is 568 g/mol. The number of fused-ring (bicyclic) bond motifs is 1. The molecule has 4 aromatic rings. The molecule has 0 spiro atoms. The van der Waals surface area contributed by atoms with E-state index in [1.165, 1.54) is 22.9 Å². The van der Waals surface area contributed by atoms with Crippen LogP contribution in [0, 0.1) is 11.1 Å². The second-order valence-corrected chi connectivity index (χ2v) is 11.1. The molecule has 208 valence electrons. The number of carbonyl (C=O) groups excluding carboxylic acids is 2. The summed E-state index contributed by atoms with van der Waals surface area (Å²) in [5.74, 6) is -0.295. The van der Waals surface area contributed by atoms with Crippen molar-refractivity contribution in [2.24, 2.45) is 5.92 Å². The third-order valence-electron chi connectivity index (χ3n) is 7.50. The number of imide groups is 1. The second kappa shape index (κ2) is 11.5. The molecule has 0 radical (unpaired) electrons. The zero-order chi connectivity index (χ0) is 28.5. The topological polar surface area (TPSA) is 103 Å². The zero-order valence-corrected chi connectivity index (χ0v) is 23.1. The Balaban J connectivity index is 1.30. The van der Waals surface area contributed by atoms with E-state index in [0.29, 0.717) is 33.2 Å². The second-order valence-electron chi connectivity index (χ2n) is 10.1. The highest BCUT2D eigenvalue weighted by molar-refractivity contribution is 7.99. The van der Waals surface area contributed by atoms with Crippen LogP contribution in [0.15, 0.2) is 102 Å². The van der Waals surface area contributed by atoms with Crippen LogP contribution in [-0.4, -0.2) is 28.8 Å². The van der Waals surface area contributed by atoms with Crippen LogP contribution in [-0.2, 0) is 16.1 Å². The van der Waals surface area contributed by atoms with E-state index in [0.717, 1.165) is 15.9 Å². The van der Waals surface area contributed by atoms with Gasteiger partial charge in [0.2, 0.25) is 0 Å². The Hall–Kier alpha value is -4.02. The van der Waals surface area contributed by atoms with Crippen LogP contribution in [0.3, 0.4) is 0 Å². The molecule has 1 saturated heterocycles. The van der Waals surface area contributed by atoms with E-state index in [-0.39, 0.29) is 36.5 Å². The molecule has 2 aliphatic rings. The Labute approximate surface area is 241 Å². The molecular formula is C32H28N2O6S. The summed E-state index contributed by atoms with van der Waals surface area (Å²) < 4.78 is 13.9. The SMILES string of the molecule is C[C@H]1[C@@H](CSc2cccc[n+]2[O-])O[C@@H](c2cccc(N3C(=O)c4ccccc4C3=O)c2)O[C@H]1c1ccc(CO)cc1. The summed E-state index contributed by atoms with van der Waals surface area (Å²) in [5, 5.41) is 22.3. The highest BCUT2D eigenvalue weighted by Crippen LogP contribution is 2.43. The van der Waals surface area contributed by atoms with Gasteiger partial charge in [-0.25, -0.2) is 4.90 Å². The predicted octanol–water partition coefficient (Wildman–Crippen LogP) is 5.20. The van der Waals surface area contributed by atoms with Crippen molar-refractivity contribution >= 4 is 29.3 Å². The van der Waals surface area contributed by atoms with Crippen molar-refractivity contribution in [2.45, 2.75) is 37.1 Å². The number of hydrogen-bond donors (Lipinski definition) is 1. The van der Waals surface area contributed by atoms with Crippen LogP contribution in [0.5, 0.6) is 0 Å². The van der Waals surface area contributed by atoms with E-state index < -0.39 is 6.29 Å². The average Bonchev–Trinajstić information content (AvgIpc) is 3.27. The largest absolute Gasteiger partial charge is 0.618 e. The van der Waals surface area contributed by atoms with Crippen molar-refractivity contribution < 1.29 is 28.9 Å². The number of anilines is 1. The van der Waals surface area contributed by atoms with E-state index in [4.69, 9.17) is 9.47 Å². The minimum Gasteiger partial charge on any atom is -0.618 e. The average molecular weight is 569 g/mol. The molecule has 8 nitrogen and oxygen atoms in total. The number of amides is 2. The number of pyridine rings is 1. The molecular weight excluding hydrogens is 540 g/mol. The summed E-state index contributed by atoms with van der Waals surface area (Å²) in [5.41, 5.74) is 3.59. The molecule has 0 aliphatic carbocycles. The van der Waals surface area contributed by atoms with Gasteiger partial charge in [-0.2, -0.15) is 4.73 Å². The molecule has 0 bridgehead atoms. The maximum absolute atomic E-state index is 13.1. The third-order valence-corrected chi connectivity index (χ3v) is 8.61. The first-order valence-corrected chi connectivity index (χ1v) is 14.3. The summed E-state index contributed by atoms with van der Waals surface area (Å²) >= 11 is 1.41. The molecule has 3 aromatic carbocycles. The molecule has 1 fully saturated rings. The number of rotatable bonds is 7. The Bertz CT molecular complexity index is 1560. The van der Waals surface area contributed by atoms with Crippen LogP contribution in [0.2, 0.25) is 0 Å². The fourth-order valence-corrected chi connectivity index (χ4v) is 6.32. The van der Waals surface area contributed by atoms with E-state index in [2.05, 4.69) is 6.92 Å². The Morgan fingerprint density at radius 2 is 1.59 bits per heavy atom.